The van der Waals surface area contributed by atoms with E-state index in [1.807, 2.05) is 6.92 Å². The van der Waals surface area contributed by atoms with E-state index in [4.69, 9.17) is 4.74 Å². The summed E-state index contributed by atoms with van der Waals surface area (Å²) in [5.41, 5.74) is 1.01. The molecule has 3 aromatic rings. The lowest BCUT2D eigenvalue weighted by molar-refractivity contribution is -0.384. The van der Waals surface area contributed by atoms with Gasteiger partial charge in [-0.3, -0.25) is 24.7 Å². The fraction of sp³-hybridized carbons (Fsp3) is 0.192. The van der Waals surface area contributed by atoms with Crippen LogP contribution in [0.15, 0.2) is 78.6 Å². The van der Waals surface area contributed by atoms with E-state index in [1.165, 1.54) is 23.1 Å². The lowest BCUT2D eigenvalue weighted by Crippen LogP contribution is -2.29. The molecule has 2 aromatic carbocycles. The van der Waals surface area contributed by atoms with Gasteiger partial charge >= 0.3 is 0 Å². The van der Waals surface area contributed by atoms with Gasteiger partial charge in [0, 0.05) is 36.6 Å². The Morgan fingerprint density at radius 2 is 1.91 bits per heavy atom. The Bertz CT molecular complexity index is 1290. The minimum atomic E-state index is -1.02. The van der Waals surface area contributed by atoms with E-state index in [-0.39, 0.29) is 23.6 Å². The van der Waals surface area contributed by atoms with Crippen molar-refractivity contribution in [1.82, 2.24) is 9.88 Å². The van der Waals surface area contributed by atoms with Gasteiger partial charge in [0.1, 0.15) is 11.5 Å². The molecular formula is C26H23N3O6. The summed E-state index contributed by atoms with van der Waals surface area (Å²) in [6.07, 6.45) is 3.99. The average Bonchev–Trinajstić information content (AvgIpc) is 3.13. The molecule has 0 saturated carbocycles. The molecule has 0 bridgehead atoms. The second-order valence-corrected chi connectivity index (χ2v) is 8.01. The summed E-state index contributed by atoms with van der Waals surface area (Å²) in [5, 5.41) is 22.6. The van der Waals surface area contributed by atoms with Crippen molar-refractivity contribution in [3.8, 4) is 5.75 Å². The van der Waals surface area contributed by atoms with E-state index in [0.29, 0.717) is 29.0 Å². The number of hydrogen-bond acceptors (Lipinski definition) is 7. The lowest BCUT2D eigenvalue weighted by Gasteiger charge is -2.25. The third kappa shape index (κ3) is 4.89. The fourth-order valence-electron chi connectivity index (χ4n) is 3.97. The molecule has 4 rings (SSSR count). The van der Waals surface area contributed by atoms with Gasteiger partial charge in [-0.15, -0.1) is 0 Å². The molecule has 0 aliphatic carbocycles. The van der Waals surface area contributed by atoms with Crippen LogP contribution in [0.2, 0.25) is 0 Å². The van der Waals surface area contributed by atoms with Gasteiger partial charge in [-0.25, -0.2) is 0 Å². The predicted molar refractivity (Wildman–Crippen MR) is 127 cm³/mol. The normalized spacial score (nSPS) is 16.9. The first-order valence-electron chi connectivity index (χ1n) is 11.1. The maximum atomic E-state index is 13.1. The molecule has 9 heteroatoms. The molecule has 35 heavy (non-hydrogen) atoms. The number of carbonyl (C=O) groups is 2. The Morgan fingerprint density at radius 3 is 2.57 bits per heavy atom. The summed E-state index contributed by atoms with van der Waals surface area (Å²) >= 11 is 0. The number of ketones is 1. The average molecular weight is 473 g/mol. The fourth-order valence-corrected chi connectivity index (χ4v) is 3.97. The van der Waals surface area contributed by atoms with Gasteiger partial charge in [-0.1, -0.05) is 25.1 Å². The molecule has 0 spiro atoms. The highest BCUT2D eigenvalue weighted by Crippen LogP contribution is 2.41. The van der Waals surface area contributed by atoms with Crippen molar-refractivity contribution in [3.63, 3.8) is 0 Å². The molecule has 9 nitrogen and oxygen atoms in total. The first-order chi connectivity index (χ1) is 16.9. The second-order valence-electron chi connectivity index (χ2n) is 8.01. The highest BCUT2D eigenvalue weighted by Gasteiger charge is 2.46. The third-order valence-electron chi connectivity index (χ3n) is 5.61. The van der Waals surface area contributed by atoms with E-state index in [1.54, 1.807) is 54.9 Å². The predicted octanol–water partition coefficient (Wildman–Crippen LogP) is 4.40. The van der Waals surface area contributed by atoms with Crippen LogP contribution in [0.4, 0.5) is 5.69 Å². The quantitative estimate of drug-likeness (QED) is 0.169. The summed E-state index contributed by atoms with van der Waals surface area (Å²) in [5.74, 6) is -1.43. The Balaban J connectivity index is 1.82. The monoisotopic (exact) mass is 473 g/mol. The summed E-state index contributed by atoms with van der Waals surface area (Å²) in [6.45, 7) is 2.56. The Hall–Kier alpha value is -4.53. The van der Waals surface area contributed by atoms with Crippen molar-refractivity contribution in [2.45, 2.75) is 25.9 Å². The lowest BCUT2D eigenvalue weighted by atomic mass is 9.95. The number of rotatable bonds is 8. The molecule has 1 saturated heterocycles. The molecule has 1 amide bonds. The largest absolute Gasteiger partial charge is 0.507 e. The zero-order chi connectivity index (χ0) is 24.9. The van der Waals surface area contributed by atoms with Crippen LogP contribution in [-0.4, -0.2) is 38.2 Å². The number of amides is 1. The van der Waals surface area contributed by atoms with Crippen molar-refractivity contribution in [3.05, 3.63) is 105 Å². The Kier molecular flexibility index (Phi) is 6.86. The molecule has 0 radical (unpaired) electrons. The first kappa shape index (κ1) is 23.6. The van der Waals surface area contributed by atoms with Gasteiger partial charge in [0.2, 0.25) is 0 Å². The second kappa shape index (κ2) is 10.2. The highest BCUT2D eigenvalue weighted by molar-refractivity contribution is 6.46. The van der Waals surface area contributed by atoms with Crippen LogP contribution in [0.25, 0.3) is 5.76 Å². The van der Waals surface area contributed by atoms with E-state index >= 15 is 0 Å². The minimum Gasteiger partial charge on any atom is -0.507 e. The topological polar surface area (TPSA) is 123 Å². The number of ether oxygens (including phenoxy) is 1. The van der Waals surface area contributed by atoms with Crippen molar-refractivity contribution < 1.29 is 24.4 Å². The number of nitrogens with zero attached hydrogens (tertiary/aromatic N) is 3. The van der Waals surface area contributed by atoms with E-state index in [9.17, 15) is 24.8 Å². The number of Topliss-reactive ketones (excluding diaryl/α,β-unsaturated/α-hetero) is 1. The molecule has 1 N–H and O–H groups in total. The van der Waals surface area contributed by atoms with Crippen LogP contribution < -0.4 is 4.74 Å². The molecule has 178 valence electrons. The Labute approximate surface area is 201 Å². The van der Waals surface area contributed by atoms with Crippen LogP contribution in [0.1, 0.15) is 36.1 Å². The SMILES string of the molecule is CCCOc1ccc(/C(O)=C2/C(=O)C(=O)N(Cc3cccnc3)C2c2cccc([N+](=O)[O-])c2)cc1. The summed E-state index contributed by atoms with van der Waals surface area (Å²) in [4.78, 5) is 42.4. The molecule has 1 aliphatic rings. The molecule has 1 atom stereocenters. The van der Waals surface area contributed by atoms with Gasteiger partial charge in [0.15, 0.2) is 0 Å². The maximum Gasteiger partial charge on any atom is 0.295 e. The molecule has 1 aliphatic heterocycles. The Morgan fingerprint density at radius 1 is 1.14 bits per heavy atom. The van der Waals surface area contributed by atoms with Crippen molar-refractivity contribution in [2.75, 3.05) is 6.61 Å². The standard InChI is InChI=1S/C26H23N3O6/c1-2-13-35-21-10-8-18(9-11-21)24(30)22-23(19-6-3-7-20(14-19)29(33)34)28(26(32)25(22)31)16-17-5-4-12-27-15-17/h3-12,14-15,23,30H,2,13,16H2,1H3/b24-22-. The zero-order valence-corrected chi connectivity index (χ0v) is 19.0. The van der Waals surface area contributed by atoms with Crippen LogP contribution in [-0.2, 0) is 16.1 Å². The number of aromatic nitrogens is 1. The number of aliphatic hydroxyl groups excluding tert-OH is 1. The number of pyridine rings is 1. The highest BCUT2D eigenvalue weighted by atomic mass is 16.6. The van der Waals surface area contributed by atoms with Crippen molar-refractivity contribution in [2.24, 2.45) is 0 Å². The van der Waals surface area contributed by atoms with Crippen LogP contribution in [0.3, 0.4) is 0 Å². The van der Waals surface area contributed by atoms with Gasteiger partial charge < -0.3 is 14.7 Å². The van der Waals surface area contributed by atoms with E-state index in [2.05, 4.69) is 4.98 Å². The van der Waals surface area contributed by atoms with E-state index in [0.717, 1.165) is 6.42 Å². The number of nitro groups is 1. The van der Waals surface area contributed by atoms with Crippen LogP contribution >= 0.6 is 0 Å². The third-order valence-corrected chi connectivity index (χ3v) is 5.61. The van der Waals surface area contributed by atoms with Gasteiger partial charge in [0.25, 0.3) is 17.4 Å². The smallest absolute Gasteiger partial charge is 0.295 e. The summed E-state index contributed by atoms with van der Waals surface area (Å²) in [7, 11) is 0. The number of non-ortho nitro benzene ring substituents is 1. The number of likely N-dealkylation sites (tertiary alicyclic amines) is 1. The molecule has 1 aromatic heterocycles. The van der Waals surface area contributed by atoms with Gasteiger partial charge in [-0.2, -0.15) is 0 Å². The van der Waals surface area contributed by atoms with E-state index < -0.39 is 22.7 Å². The number of carbonyl (C=O) groups excluding carboxylic acids is 2. The zero-order valence-electron chi connectivity index (χ0n) is 19.0. The van der Waals surface area contributed by atoms with Crippen molar-refractivity contribution >= 4 is 23.1 Å². The minimum absolute atomic E-state index is 0.0341. The number of hydrogen-bond donors (Lipinski definition) is 1. The maximum absolute atomic E-state index is 13.1. The number of aliphatic hydroxyl groups is 1. The van der Waals surface area contributed by atoms with Crippen molar-refractivity contribution in [1.29, 1.82) is 0 Å². The number of benzene rings is 2. The summed E-state index contributed by atoms with van der Waals surface area (Å²) < 4.78 is 5.57. The molecule has 1 unspecified atom stereocenters. The van der Waals surface area contributed by atoms with Crippen LogP contribution in [0, 0.1) is 10.1 Å². The molecule has 1 fully saturated rings. The van der Waals surface area contributed by atoms with Gasteiger partial charge in [0.05, 0.1) is 23.1 Å². The first-order valence-corrected chi connectivity index (χ1v) is 11.1. The van der Waals surface area contributed by atoms with Gasteiger partial charge in [-0.05, 0) is 47.9 Å². The molecular weight excluding hydrogens is 450 g/mol. The van der Waals surface area contributed by atoms with Crippen LogP contribution in [0.5, 0.6) is 5.75 Å². The number of nitro benzene ring substituents is 1. The summed E-state index contributed by atoms with van der Waals surface area (Å²) in [6, 6.07) is 14.7. The molecule has 2 heterocycles.